The van der Waals surface area contributed by atoms with Crippen LogP contribution in [0.2, 0.25) is 0 Å². The van der Waals surface area contributed by atoms with E-state index in [9.17, 15) is 4.79 Å². The first-order valence-corrected chi connectivity index (χ1v) is 6.58. The van der Waals surface area contributed by atoms with Gasteiger partial charge in [-0.2, -0.15) is 0 Å². The summed E-state index contributed by atoms with van der Waals surface area (Å²) in [5.41, 5.74) is 6.76. The summed E-state index contributed by atoms with van der Waals surface area (Å²) >= 11 is 0. The van der Waals surface area contributed by atoms with Crippen LogP contribution in [0.5, 0.6) is 0 Å². The van der Waals surface area contributed by atoms with Crippen molar-refractivity contribution in [3.8, 4) is 0 Å². The zero-order valence-electron chi connectivity index (χ0n) is 11.5. The summed E-state index contributed by atoms with van der Waals surface area (Å²) in [6.45, 7) is 7.29. The van der Waals surface area contributed by atoms with Crippen molar-refractivity contribution in [2.24, 2.45) is 11.7 Å². The molecule has 0 radical (unpaired) electrons. The van der Waals surface area contributed by atoms with Gasteiger partial charge in [0.15, 0.2) is 0 Å². The number of hydrogen-bond donors (Lipinski definition) is 2. The van der Waals surface area contributed by atoms with Crippen LogP contribution in [0.1, 0.15) is 38.9 Å². The predicted molar refractivity (Wildman–Crippen MR) is 72.2 cm³/mol. The Morgan fingerprint density at radius 2 is 2.28 bits per heavy atom. The summed E-state index contributed by atoms with van der Waals surface area (Å²) in [5, 5.41) is 2.90. The van der Waals surface area contributed by atoms with Crippen LogP contribution in [-0.4, -0.2) is 28.5 Å². The minimum Gasteiger partial charge on any atom is -0.356 e. The fourth-order valence-electron chi connectivity index (χ4n) is 1.88. The molecule has 1 rings (SSSR count). The van der Waals surface area contributed by atoms with E-state index >= 15 is 0 Å². The Balaban J connectivity index is 2.67. The van der Waals surface area contributed by atoms with Crippen molar-refractivity contribution >= 4 is 5.91 Å². The summed E-state index contributed by atoms with van der Waals surface area (Å²) in [6, 6.07) is 0.347. The Morgan fingerprint density at radius 1 is 1.56 bits per heavy atom. The quantitative estimate of drug-likeness (QED) is 0.763. The number of rotatable bonds is 7. The Kier molecular flexibility index (Phi) is 5.85. The molecule has 5 heteroatoms. The van der Waals surface area contributed by atoms with Gasteiger partial charge in [0.25, 0.3) is 0 Å². The van der Waals surface area contributed by atoms with E-state index in [1.165, 1.54) is 0 Å². The monoisotopic (exact) mass is 252 g/mol. The van der Waals surface area contributed by atoms with Crippen LogP contribution in [0, 0.1) is 5.92 Å². The van der Waals surface area contributed by atoms with E-state index in [1.54, 1.807) is 6.33 Å². The molecule has 5 nitrogen and oxygen atoms in total. The van der Waals surface area contributed by atoms with Crippen LogP contribution in [0.4, 0.5) is 0 Å². The molecule has 0 bridgehead atoms. The maximum atomic E-state index is 11.9. The molecule has 0 saturated carbocycles. The first-order valence-electron chi connectivity index (χ1n) is 6.58. The molecule has 0 aliphatic heterocycles. The van der Waals surface area contributed by atoms with Gasteiger partial charge < -0.3 is 15.6 Å². The lowest BCUT2D eigenvalue weighted by atomic mass is 10.0. The first-order chi connectivity index (χ1) is 8.60. The van der Waals surface area contributed by atoms with Crippen LogP contribution in [0.3, 0.4) is 0 Å². The zero-order valence-corrected chi connectivity index (χ0v) is 11.5. The molecular formula is C13H24N4O. The van der Waals surface area contributed by atoms with Crippen molar-refractivity contribution in [2.45, 2.75) is 39.7 Å². The van der Waals surface area contributed by atoms with E-state index in [1.807, 2.05) is 13.1 Å². The van der Waals surface area contributed by atoms with Gasteiger partial charge in [-0.1, -0.05) is 6.92 Å². The number of amides is 1. The molecule has 1 aromatic heterocycles. The fraction of sp³-hybridized carbons (Fsp3) is 0.692. The first kappa shape index (κ1) is 14.7. The van der Waals surface area contributed by atoms with Crippen LogP contribution in [0.15, 0.2) is 12.5 Å². The van der Waals surface area contributed by atoms with Gasteiger partial charge in [0.1, 0.15) is 0 Å². The van der Waals surface area contributed by atoms with Crippen molar-refractivity contribution in [3.05, 3.63) is 18.2 Å². The largest absolute Gasteiger partial charge is 0.356 e. The molecule has 0 aliphatic carbocycles. The second-order valence-corrected chi connectivity index (χ2v) is 4.81. The minimum absolute atomic E-state index is 0.0378. The van der Waals surface area contributed by atoms with E-state index in [0.717, 1.165) is 12.1 Å². The highest BCUT2D eigenvalue weighted by molar-refractivity contribution is 5.79. The maximum Gasteiger partial charge on any atom is 0.224 e. The second kappa shape index (κ2) is 7.16. The second-order valence-electron chi connectivity index (χ2n) is 4.81. The molecule has 1 aromatic rings. The van der Waals surface area contributed by atoms with Gasteiger partial charge >= 0.3 is 0 Å². The Labute approximate surface area is 109 Å². The van der Waals surface area contributed by atoms with Crippen molar-refractivity contribution < 1.29 is 4.79 Å². The number of carbonyl (C=O) groups excluding carboxylic acids is 1. The highest BCUT2D eigenvalue weighted by Gasteiger charge is 2.19. The lowest BCUT2D eigenvalue weighted by molar-refractivity contribution is -0.124. The van der Waals surface area contributed by atoms with Crippen molar-refractivity contribution in [2.75, 3.05) is 13.1 Å². The third-order valence-electron chi connectivity index (χ3n) is 2.96. The number of carbonyl (C=O) groups is 1. The molecule has 1 amide bonds. The van der Waals surface area contributed by atoms with E-state index in [2.05, 4.69) is 28.7 Å². The Hall–Kier alpha value is -1.36. The van der Waals surface area contributed by atoms with Crippen LogP contribution in [0.25, 0.3) is 0 Å². The number of aromatic nitrogens is 2. The van der Waals surface area contributed by atoms with Crippen molar-refractivity contribution in [3.63, 3.8) is 0 Å². The lowest BCUT2D eigenvalue weighted by Crippen LogP contribution is -2.37. The topological polar surface area (TPSA) is 72.9 Å². The van der Waals surface area contributed by atoms with Crippen LogP contribution >= 0.6 is 0 Å². The summed E-state index contributed by atoms with van der Waals surface area (Å²) in [7, 11) is 0. The van der Waals surface area contributed by atoms with E-state index in [-0.39, 0.29) is 11.8 Å². The summed E-state index contributed by atoms with van der Waals surface area (Å²) < 4.78 is 2.08. The molecule has 1 heterocycles. The number of hydrogen-bond acceptors (Lipinski definition) is 3. The lowest BCUT2D eigenvalue weighted by Gasteiger charge is -2.17. The van der Waals surface area contributed by atoms with Gasteiger partial charge in [0.2, 0.25) is 5.91 Å². The van der Waals surface area contributed by atoms with Crippen molar-refractivity contribution in [1.82, 2.24) is 14.9 Å². The minimum atomic E-state index is -0.175. The number of nitrogens with two attached hydrogens (primary N) is 1. The average Bonchev–Trinajstić information content (AvgIpc) is 2.81. The van der Waals surface area contributed by atoms with Crippen LogP contribution in [-0.2, 0) is 11.2 Å². The standard InChI is InChI=1S/C13H24N4O/c1-4-5-16-13(18)11(7-14)6-12-8-15-9-17(12)10(2)3/h8-11H,4-7,14H2,1-3H3,(H,16,18). The Morgan fingerprint density at radius 3 is 2.83 bits per heavy atom. The van der Waals surface area contributed by atoms with Gasteiger partial charge in [0, 0.05) is 37.4 Å². The molecular weight excluding hydrogens is 228 g/mol. The average molecular weight is 252 g/mol. The normalized spacial score (nSPS) is 12.7. The molecule has 0 fully saturated rings. The molecule has 1 atom stereocenters. The predicted octanol–water partition coefficient (Wildman–Crippen LogP) is 1.11. The zero-order chi connectivity index (χ0) is 13.5. The summed E-state index contributed by atoms with van der Waals surface area (Å²) in [6.07, 6.45) is 5.20. The third kappa shape index (κ3) is 3.84. The molecule has 1 unspecified atom stereocenters. The number of nitrogens with zero attached hydrogens (tertiary/aromatic N) is 2. The smallest absolute Gasteiger partial charge is 0.224 e. The molecule has 102 valence electrons. The maximum absolute atomic E-state index is 11.9. The van der Waals surface area contributed by atoms with Gasteiger partial charge in [-0.05, 0) is 20.3 Å². The van der Waals surface area contributed by atoms with Gasteiger partial charge in [-0.15, -0.1) is 0 Å². The van der Waals surface area contributed by atoms with E-state index < -0.39 is 0 Å². The number of nitrogens with one attached hydrogen (secondary N) is 1. The summed E-state index contributed by atoms with van der Waals surface area (Å²) in [4.78, 5) is 16.1. The van der Waals surface area contributed by atoms with Gasteiger partial charge in [0.05, 0.1) is 12.2 Å². The number of imidazole rings is 1. The highest BCUT2D eigenvalue weighted by Crippen LogP contribution is 2.13. The fourth-order valence-corrected chi connectivity index (χ4v) is 1.88. The van der Waals surface area contributed by atoms with E-state index in [0.29, 0.717) is 25.6 Å². The SMILES string of the molecule is CCCNC(=O)C(CN)Cc1cncn1C(C)C. The van der Waals surface area contributed by atoms with Crippen molar-refractivity contribution in [1.29, 1.82) is 0 Å². The molecule has 18 heavy (non-hydrogen) atoms. The molecule has 3 N–H and O–H groups in total. The van der Waals surface area contributed by atoms with E-state index in [4.69, 9.17) is 5.73 Å². The third-order valence-corrected chi connectivity index (χ3v) is 2.96. The molecule has 0 spiro atoms. The summed E-state index contributed by atoms with van der Waals surface area (Å²) in [5.74, 6) is -0.137. The molecule has 0 aliphatic rings. The van der Waals surface area contributed by atoms with Gasteiger partial charge in [-0.3, -0.25) is 4.79 Å². The van der Waals surface area contributed by atoms with Crippen LogP contribution < -0.4 is 11.1 Å². The highest BCUT2D eigenvalue weighted by atomic mass is 16.1. The molecule has 0 aromatic carbocycles. The molecule has 0 saturated heterocycles. The van der Waals surface area contributed by atoms with Gasteiger partial charge in [-0.25, -0.2) is 4.98 Å². The Bertz CT molecular complexity index is 373.